The molecule has 0 bridgehead atoms. The quantitative estimate of drug-likeness (QED) is 0.174. The predicted molar refractivity (Wildman–Crippen MR) is 254 cm³/mol. The summed E-state index contributed by atoms with van der Waals surface area (Å²) in [5.74, 6) is 0. The van der Waals surface area contributed by atoms with Crippen molar-refractivity contribution in [2.75, 3.05) is 4.90 Å². The summed E-state index contributed by atoms with van der Waals surface area (Å²) in [6, 6.07) is 72.1. The molecular weight excluding hydrogens is 751 g/mol. The van der Waals surface area contributed by atoms with E-state index in [9.17, 15) is 0 Å². The molecule has 0 saturated carbocycles. The van der Waals surface area contributed by atoms with Gasteiger partial charge in [0, 0.05) is 70.1 Å². The molecule has 3 heterocycles. The maximum atomic E-state index is 6.57. The van der Waals surface area contributed by atoms with E-state index in [1.807, 2.05) is 35.6 Å². The highest BCUT2D eigenvalue weighted by Gasteiger charge is 2.21. The summed E-state index contributed by atoms with van der Waals surface area (Å²) in [5.41, 5.74) is 11.4. The number of thiophene rings is 1. The summed E-state index contributed by atoms with van der Waals surface area (Å²) in [4.78, 5) is 2.39. The van der Waals surface area contributed by atoms with Crippen LogP contribution in [0.15, 0.2) is 209 Å². The van der Waals surface area contributed by atoms with Crippen molar-refractivity contribution in [3.05, 3.63) is 200 Å². The van der Waals surface area contributed by atoms with E-state index >= 15 is 0 Å². The fourth-order valence-corrected chi connectivity index (χ4v) is 10.7. The highest BCUT2D eigenvalue weighted by atomic mass is 32.1. The molecule has 0 atom stereocenters. The molecule has 60 heavy (non-hydrogen) atoms. The maximum Gasteiger partial charge on any atom is 0.143 e. The molecule has 0 radical (unpaired) electrons. The highest BCUT2D eigenvalue weighted by Crippen LogP contribution is 2.46. The number of para-hydroxylation sites is 3. The van der Waals surface area contributed by atoms with Crippen molar-refractivity contribution in [2.24, 2.45) is 0 Å². The van der Waals surface area contributed by atoms with E-state index in [4.69, 9.17) is 8.83 Å². The van der Waals surface area contributed by atoms with Crippen LogP contribution in [0, 0.1) is 0 Å². The lowest BCUT2D eigenvalue weighted by atomic mass is 9.95. The van der Waals surface area contributed by atoms with Crippen LogP contribution in [0.5, 0.6) is 0 Å². The van der Waals surface area contributed by atoms with Crippen LogP contribution in [0.4, 0.5) is 17.1 Å². The van der Waals surface area contributed by atoms with E-state index in [2.05, 4.69) is 181 Å². The summed E-state index contributed by atoms with van der Waals surface area (Å²) < 4.78 is 15.7. The minimum atomic E-state index is 0.857. The predicted octanol–water partition coefficient (Wildman–Crippen LogP) is 17.0. The van der Waals surface area contributed by atoms with Crippen LogP contribution < -0.4 is 4.90 Å². The molecule has 280 valence electrons. The molecule has 0 amide bonds. The monoisotopic (exact) mass is 783 g/mol. The molecule has 0 N–H and O–H groups in total. The number of hydrogen-bond donors (Lipinski definition) is 0. The Labute approximate surface area is 348 Å². The zero-order chi connectivity index (χ0) is 39.3. The van der Waals surface area contributed by atoms with Gasteiger partial charge in [0.05, 0.1) is 5.69 Å². The zero-order valence-corrected chi connectivity index (χ0v) is 33.0. The molecule has 0 aliphatic carbocycles. The molecule has 0 spiro atoms. The van der Waals surface area contributed by atoms with Gasteiger partial charge in [-0.2, -0.15) is 0 Å². The molecule has 13 aromatic rings. The van der Waals surface area contributed by atoms with Crippen molar-refractivity contribution in [1.29, 1.82) is 0 Å². The average molecular weight is 784 g/mol. The fraction of sp³-hybridized carbons (Fsp3) is 0. The molecule has 0 saturated heterocycles. The Kier molecular flexibility index (Phi) is 7.18. The van der Waals surface area contributed by atoms with E-state index in [1.165, 1.54) is 42.1 Å². The van der Waals surface area contributed by atoms with Crippen molar-refractivity contribution in [1.82, 2.24) is 0 Å². The Morgan fingerprint density at radius 1 is 0.350 bits per heavy atom. The van der Waals surface area contributed by atoms with E-state index in [0.717, 1.165) is 82.8 Å². The third-order valence-electron chi connectivity index (χ3n) is 12.3. The Morgan fingerprint density at radius 2 is 0.967 bits per heavy atom. The van der Waals surface area contributed by atoms with E-state index in [-0.39, 0.29) is 0 Å². The first kappa shape index (κ1) is 33.3. The zero-order valence-electron chi connectivity index (χ0n) is 32.2. The van der Waals surface area contributed by atoms with Crippen LogP contribution in [0.25, 0.3) is 108 Å². The minimum Gasteiger partial charge on any atom is -0.456 e. The standard InChI is InChI=1S/C56H33NO2S/c1-4-22-51-43(11-1)45-30-29-38(33-53(45)58-51)57(37-28-27-34-25-26-35(31-36(34)32-37)39-14-7-20-49-46-13-3-6-24-54(46)60-56(39)49)50-21-10-16-40-41(15-8-17-42(40)50)47-18-9-19-48-44-12-2-5-23-52(44)59-55(47)48/h1-33H. The van der Waals surface area contributed by atoms with Gasteiger partial charge in [0.2, 0.25) is 0 Å². The first-order valence-electron chi connectivity index (χ1n) is 20.3. The molecule has 13 rings (SSSR count). The molecule has 3 nitrogen and oxygen atoms in total. The molecule has 0 unspecified atom stereocenters. The van der Waals surface area contributed by atoms with Crippen LogP contribution in [-0.4, -0.2) is 0 Å². The maximum absolute atomic E-state index is 6.57. The van der Waals surface area contributed by atoms with Crippen molar-refractivity contribution < 1.29 is 8.83 Å². The van der Waals surface area contributed by atoms with Gasteiger partial charge in [-0.05, 0) is 87.4 Å². The van der Waals surface area contributed by atoms with Gasteiger partial charge in [-0.1, -0.05) is 140 Å². The van der Waals surface area contributed by atoms with Gasteiger partial charge >= 0.3 is 0 Å². The lowest BCUT2D eigenvalue weighted by Crippen LogP contribution is -2.10. The highest BCUT2D eigenvalue weighted by molar-refractivity contribution is 7.26. The van der Waals surface area contributed by atoms with Gasteiger partial charge in [-0.3, -0.25) is 0 Å². The van der Waals surface area contributed by atoms with Gasteiger partial charge < -0.3 is 13.7 Å². The van der Waals surface area contributed by atoms with Gasteiger partial charge in [0.25, 0.3) is 0 Å². The Hall–Kier alpha value is -7.66. The van der Waals surface area contributed by atoms with Crippen LogP contribution in [0.2, 0.25) is 0 Å². The smallest absolute Gasteiger partial charge is 0.143 e. The van der Waals surface area contributed by atoms with Gasteiger partial charge in [-0.15, -0.1) is 11.3 Å². The van der Waals surface area contributed by atoms with Crippen LogP contribution in [0.1, 0.15) is 0 Å². The van der Waals surface area contributed by atoms with Crippen molar-refractivity contribution in [2.45, 2.75) is 0 Å². The van der Waals surface area contributed by atoms with Crippen molar-refractivity contribution >= 4 is 114 Å². The fourth-order valence-electron chi connectivity index (χ4n) is 9.48. The summed E-state index contributed by atoms with van der Waals surface area (Å²) in [7, 11) is 0. The summed E-state index contributed by atoms with van der Waals surface area (Å²) in [6.45, 7) is 0. The minimum absolute atomic E-state index is 0.857. The first-order chi connectivity index (χ1) is 29.7. The number of furan rings is 2. The normalized spacial score (nSPS) is 12.0. The molecule has 10 aromatic carbocycles. The molecule has 3 aromatic heterocycles. The largest absolute Gasteiger partial charge is 0.456 e. The lowest BCUT2D eigenvalue weighted by Gasteiger charge is -2.27. The number of hydrogen-bond acceptors (Lipinski definition) is 4. The average Bonchev–Trinajstić information content (AvgIpc) is 4.00. The second-order valence-corrected chi connectivity index (χ2v) is 16.7. The molecule has 0 aliphatic rings. The summed E-state index contributed by atoms with van der Waals surface area (Å²) in [6.07, 6.45) is 0. The second-order valence-electron chi connectivity index (χ2n) is 15.6. The van der Waals surface area contributed by atoms with Gasteiger partial charge in [0.1, 0.15) is 22.3 Å². The number of nitrogens with zero attached hydrogens (tertiary/aromatic N) is 1. The van der Waals surface area contributed by atoms with Crippen LogP contribution >= 0.6 is 11.3 Å². The topological polar surface area (TPSA) is 29.5 Å². The number of anilines is 3. The number of fused-ring (bicyclic) bond motifs is 11. The first-order valence-corrected chi connectivity index (χ1v) is 21.1. The molecular formula is C56H33NO2S. The Morgan fingerprint density at radius 3 is 1.85 bits per heavy atom. The van der Waals surface area contributed by atoms with Crippen LogP contribution in [0.3, 0.4) is 0 Å². The Balaban J connectivity index is 1.02. The van der Waals surface area contributed by atoms with Gasteiger partial charge in [0.15, 0.2) is 0 Å². The molecule has 0 fully saturated rings. The molecule has 0 aliphatic heterocycles. The number of benzene rings is 10. The summed E-state index contributed by atoms with van der Waals surface area (Å²) >= 11 is 1.87. The third-order valence-corrected chi connectivity index (χ3v) is 13.5. The SMILES string of the molecule is c1ccc2c(c1)oc1cc(N(c3ccc4ccc(-c5cccc6c5sc5ccccc56)cc4c3)c3cccc4c(-c5cccc6c5oc5ccccc56)cccc34)ccc12. The third kappa shape index (κ3) is 5.01. The van der Waals surface area contributed by atoms with Crippen molar-refractivity contribution in [3.63, 3.8) is 0 Å². The van der Waals surface area contributed by atoms with Crippen LogP contribution in [-0.2, 0) is 0 Å². The van der Waals surface area contributed by atoms with E-state index in [1.54, 1.807) is 0 Å². The number of rotatable bonds is 5. The second kappa shape index (κ2) is 12.9. The lowest BCUT2D eigenvalue weighted by molar-refractivity contribution is 0.669. The van der Waals surface area contributed by atoms with E-state index in [0.29, 0.717) is 0 Å². The van der Waals surface area contributed by atoms with Crippen molar-refractivity contribution in [3.8, 4) is 22.3 Å². The Bertz CT molecular complexity index is 3870. The van der Waals surface area contributed by atoms with Gasteiger partial charge in [-0.25, -0.2) is 0 Å². The summed E-state index contributed by atoms with van der Waals surface area (Å²) in [5, 5.41) is 11.7. The molecule has 4 heteroatoms. The van der Waals surface area contributed by atoms with E-state index < -0.39 is 0 Å².